The molecule has 0 amide bonds. The predicted molar refractivity (Wildman–Crippen MR) is 82.1 cm³/mol. The molecule has 0 aliphatic rings. The summed E-state index contributed by atoms with van der Waals surface area (Å²) in [5, 5.41) is 0. The maximum absolute atomic E-state index is 8.60. The molecular weight excluding hydrogens is 2530 g/mol. The Labute approximate surface area is 514 Å². The molecule has 0 N–H and O–H groups in total. The Morgan fingerprint density at radius 1 is 0.190 bits per heavy atom. The third-order valence-corrected chi connectivity index (χ3v) is 0. The summed E-state index contributed by atoms with van der Waals surface area (Å²) in [7, 11) is 0. The number of rotatable bonds is 0. The maximum atomic E-state index is 8.60. The standard InChI is InChI=1S/12Ag.6ClH.18O.6Sb/h;;;;;;;;;;;;6*1H;;;;;;;;;;;;;;;;;;;;;;;;/q12*+1;;;;;;;;;;;;;12*-1;;;;;;. The van der Waals surface area contributed by atoms with Crippen LogP contribution in [0.3, 0.4) is 0 Å². The van der Waals surface area contributed by atoms with Gasteiger partial charge in [0.05, 0.1) is 0 Å². The molecule has 0 aromatic rings. The molecule has 18 nitrogen and oxygen atoms in total. The van der Waals surface area contributed by atoms with Crippen molar-refractivity contribution < 1.29 is 327 Å². The van der Waals surface area contributed by atoms with Crippen LogP contribution in [0, 0.1) is 0 Å². The molecule has 0 spiro atoms. The van der Waals surface area contributed by atoms with Crippen molar-refractivity contribution in [1.82, 2.24) is 0 Å². The molecule has 318 valence electrons. The molecule has 6 radical (unpaired) electrons. The zero-order chi connectivity index (χ0) is 21.5. The fraction of sp³-hybridized carbons (Fsp3) is 0. The molecular formula is H6Ag12Cl6O18Sb6. The van der Waals surface area contributed by atoms with Crippen LogP contribution in [0.2, 0.25) is 0 Å². The van der Waals surface area contributed by atoms with Gasteiger partial charge in [-0.2, -0.15) is 0 Å². The summed E-state index contributed by atoms with van der Waals surface area (Å²) in [5.41, 5.74) is 0. The van der Waals surface area contributed by atoms with Crippen LogP contribution in [0.4, 0.5) is 0 Å². The van der Waals surface area contributed by atoms with Crippen molar-refractivity contribution in [3.63, 3.8) is 0 Å². The Morgan fingerprint density at radius 2 is 0.190 bits per heavy atom. The van der Waals surface area contributed by atoms with Crippen LogP contribution in [0.25, 0.3) is 0 Å². The van der Waals surface area contributed by atoms with Crippen molar-refractivity contribution in [3.8, 4) is 0 Å². The van der Waals surface area contributed by atoms with E-state index in [1.165, 1.54) is 0 Å². The van der Waals surface area contributed by atoms with Crippen LogP contribution in [-0.2, 0) is 287 Å². The van der Waals surface area contributed by atoms with Crippen molar-refractivity contribution in [2.75, 3.05) is 0 Å². The summed E-state index contributed by atoms with van der Waals surface area (Å²) in [6.45, 7) is 0. The fourth-order valence-corrected chi connectivity index (χ4v) is 0. The van der Waals surface area contributed by atoms with Crippen molar-refractivity contribution in [1.29, 1.82) is 0 Å². The zero-order valence-electron chi connectivity index (χ0n) is 16.1. The Kier molecular flexibility index (Phi) is 618. The van der Waals surface area contributed by atoms with Crippen LogP contribution in [0.1, 0.15) is 0 Å². The zero-order valence-corrected chi connectivity index (χ0v) is 54.1. The van der Waals surface area contributed by atoms with E-state index in [4.69, 9.17) is 58.7 Å². The van der Waals surface area contributed by atoms with Gasteiger partial charge in [0.1, 0.15) is 0 Å². The molecule has 0 aromatic heterocycles. The Balaban J connectivity index is -0.00000000388. The molecule has 0 bridgehead atoms. The van der Waals surface area contributed by atoms with E-state index in [0.717, 1.165) is 0 Å². The molecule has 42 heavy (non-hydrogen) atoms. The van der Waals surface area contributed by atoms with E-state index in [0.29, 0.717) is 0 Å². The van der Waals surface area contributed by atoms with Gasteiger partial charge in [-0.3, -0.25) is 0 Å². The monoisotopic (exact) mass is 2510 g/mol. The third kappa shape index (κ3) is 784. The Morgan fingerprint density at radius 3 is 0.190 bits per heavy atom. The van der Waals surface area contributed by atoms with Crippen molar-refractivity contribution in [3.05, 3.63) is 0 Å². The fourth-order valence-electron chi connectivity index (χ4n) is 0. The second-order valence-electron chi connectivity index (χ2n) is 1.34. The first kappa shape index (κ1) is 166. The molecule has 0 saturated heterocycles. The summed E-state index contributed by atoms with van der Waals surface area (Å²) in [6.07, 6.45) is 0. The van der Waals surface area contributed by atoms with Crippen LogP contribution in [-0.4, -0.2) is 126 Å². The van der Waals surface area contributed by atoms with Gasteiger partial charge in [0.2, 0.25) is 0 Å². The number of halogens is 6. The molecule has 42 heteroatoms. The first-order chi connectivity index (χ1) is 10.4. The summed E-state index contributed by atoms with van der Waals surface area (Å²) < 4.78 is 155. The third-order valence-electron chi connectivity index (χ3n) is 0. The second-order valence-corrected chi connectivity index (χ2v) is 9.00. The molecule has 0 heterocycles. The topological polar surface area (TPSA) is 379 Å². The second kappa shape index (κ2) is 157. The summed E-state index contributed by atoms with van der Waals surface area (Å²) in [5.74, 6) is 0. The van der Waals surface area contributed by atoms with Crippen molar-refractivity contribution in [2.24, 2.45) is 0 Å². The number of hydrogen-bond donors (Lipinski definition) is 0. The molecule has 0 fully saturated rings. The first-order valence-electron chi connectivity index (χ1n) is 3.29. The summed E-state index contributed by atoms with van der Waals surface area (Å²) in [4.78, 5) is 0. The summed E-state index contributed by atoms with van der Waals surface area (Å²) >= 11 is -25.2. The number of hydrogen-bond acceptors (Lipinski definition) is 18. The minimum absolute atomic E-state index is 0. The van der Waals surface area contributed by atoms with Gasteiger partial charge in [0, 0.05) is 0 Å². The van der Waals surface area contributed by atoms with Gasteiger partial charge >= 0.3 is 454 Å². The average Bonchev–Trinajstić information content (AvgIpc) is 2.08. The van der Waals surface area contributed by atoms with Crippen LogP contribution >= 0.6 is 74.4 Å². The predicted octanol–water partition coefficient (Wildman–Crippen LogP) is -14.8. The molecule has 0 saturated carbocycles. The van der Waals surface area contributed by atoms with Gasteiger partial charge < -0.3 is 0 Å². The van der Waals surface area contributed by atoms with E-state index in [-0.39, 0.29) is 343 Å². The van der Waals surface area contributed by atoms with E-state index in [1.807, 2.05) is 0 Å². The van der Waals surface area contributed by atoms with Crippen LogP contribution in [0.5, 0.6) is 0 Å². The van der Waals surface area contributed by atoms with Crippen molar-refractivity contribution >= 4 is 201 Å². The van der Waals surface area contributed by atoms with E-state index >= 15 is 0 Å². The van der Waals surface area contributed by atoms with Gasteiger partial charge in [0.15, 0.2) is 0 Å². The molecule has 0 aromatic carbocycles. The SMILES string of the molecule is Cl.Cl.Cl.Cl.Cl.Cl.[Ag+].[Ag+].[Ag+].[Ag+].[Ag+].[Ag+].[Ag+].[Ag+].[Ag+].[Ag+].[Ag+].[Ag+].[O]=[Sb]([O-])[O-].[O]=[Sb]([O-])[O-].[O]=[Sb]([O-])[O-].[O]=[Sb]([O-])[O-].[O]=[Sb]([O-])[O-].[O]=[Sb]([O-])[O-]. The molecule has 0 rings (SSSR count). The van der Waals surface area contributed by atoms with Crippen molar-refractivity contribution in [2.45, 2.75) is 0 Å². The normalized spacial score (nSPS) is 3.71. The average molecular weight is 2530 g/mol. The molecule has 0 atom stereocenters. The quantitative estimate of drug-likeness (QED) is 0.203. The summed E-state index contributed by atoms with van der Waals surface area (Å²) in [6, 6.07) is 0. The van der Waals surface area contributed by atoms with E-state index in [2.05, 4.69) is 0 Å². The molecule has 0 aliphatic heterocycles. The van der Waals surface area contributed by atoms with Crippen LogP contribution in [0.15, 0.2) is 0 Å². The van der Waals surface area contributed by atoms with Gasteiger partial charge in [-0.1, -0.05) is 0 Å². The Hall–Kier alpha value is 13.9. The first-order valence-corrected chi connectivity index (χ1v) is 22.0. The Bertz CT molecular complexity index is 309. The van der Waals surface area contributed by atoms with E-state index in [1.54, 1.807) is 0 Å². The van der Waals surface area contributed by atoms with Gasteiger partial charge in [0.25, 0.3) is 0 Å². The molecule has 0 aliphatic carbocycles. The van der Waals surface area contributed by atoms with Gasteiger partial charge in [-0.25, -0.2) is 0 Å². The minimum atomic E-state index is -4.20. The van der Waals surface area contributed by atoms with Crippen LogP contribution < -0.4 is 40.6 Å². The van der Waals surface area contributed by atoms with E-state index in [9.17, 15) is 0 Å². The van der Waals surface area contributed by atoms with Gasteiger partial charge in [-0.05, 0) is 0 Å². The van der Waals surface area contributed by atoms with Gasteiger partial charge in [-0.15, -0.1) is 74.4 Å². The molecule has 0 unspecified atom stereocenters. The van der Waals surface area contributed by atoms with E-state index < -0.39 is 126 Å².